The molecule has 1 aromatic carbocycles. The van der Waals surface area contributed by atoms with Crippen LogP contribution in [0.25, 0.3) is 0 Å². The lowest BCUT2D eigenvalue weighted by atomic mass is 9.85. The summed E-state index contributed by atoms with van der Waals surface area (Å²) in [5.74, 6) is -0.727. The highest BCUT2D eigenvalue weighted by atomic mass is 32.2. The van der Waals surface area contributed by atoms with Crippen LogP contribution in [-0.2, 0) is 14.4 Å². The lowest BCUT2D eigenvalue weighted by Crippen LogP contribution is -2.56. The van der Waals surface area contributed by atoms with Crippen molar-refractivity contribution in [2.45, 2.75) is 36.7 Å². The topological polar surface area (TPSA) is 90.0 Å². The van der Waals surface area contributed by atoms with Gasteiger partial charge in [0.15, 0.2) is 0 Å². The minimum atomic E-state index is -0.834. The van der Waals surface area contributed by atoms with Gasteiger partial charge in [-0.1, -0.05) is 19.1 Å². The highest BCUT2D eigenvalue weighted by molar-refractivity contribution is 8.00. The van der Waals surface area contributed by atoms with E-state index < -0.39 is 5.97 Å². The number of anilines is 1. The van der Waals surface area contributed by atoms with E-state index in [-0.39, 0.29) is 37.0 Å². The molecule has 1 aliphatic heterocycles. The van der Waals surface area contributed by atoms with Crippen molar-refractivity contribution in [3.05, 3.63) is 24.3 Å². The number of benzene rings is 1. The number of para-hydroxylation sites is 1. The first kappa shape index (κ1) is 18.7. The Bertz CT molecular complexity index is 705. The molecule has 2 aliphatic rings. The summed E-state index contributed by atoms with van der Waals surface area (Å²) in [5.41, 5.74) is 0.786. The number of carbonyl (C=O) groups excluding carboxylic acids is 2. The number of carboxylic acid groups (broad SMARTS) is 1. The van der Waals surface area contributed by atoms with E-state index in [1.165, 1.54) is 11.8 Å². The first-order valence-electron chi connectivity index (χ1n) is 8.75. The van der Waals surface area contributed by atoms with Crippen molar-refractivity contribution in [3.63, 3.8) is 0 Å². The normalized spacial score (nSPS) is 21.9. The summed E-state index contributed by atoms with van der Waals surface area (Å²) in [6, 6.07) is 7.83. The molecule has 1 aliphatic carbocycles. The maximum absolute atomic E-state index is 12.4. The quantitative estimate of drug-likeness (QED) is 0.742. The molecule has 0 radical (unpaired) electrons. The number of aliphatic carboxylic acids is 1. The van der Waals surface area contributed by atoms with E-state index in [1.54, 1.807) is 4.90 Å². The highest BCUT2D eigenvalue weighted by Gasteiger charge is 2.35. The molecule has 0 spiro atoms. The summed E-state index contributed by atoms with van der Waals surface area (Å²) >= 11 is 1.49. The fourth-order valence-corrected chi connectivity index (χ4v) is 4.36. The van der Waals surface area contributed by atoms with E-state index >= 15 is 0 Å². The number of amides is 2. The van der Waals surface area contributed by atoms with Crippen molar-refractivity contribution in [3.8, 4) is 0 Å². The van der Waals surface area contributed by atoms with E-state index in [9.17, 15) is 14.4 Å². The minimum absolute atomic E-state index is 0.0180. The molecule has 8 heteroatoms. The number of fused-ring (bicyclic) bond motifs is 1. The Hall–Kier alpha value is -2.06. The largest absolute Gasteiger partial charge is 0.480 e. The second-order valence-corrected chi connectivity index (χ2v) is 7.60. The van der Waals surface area contributed by atoms with Gasteiger partial charge in [0.1, 0.15) is 6.54 Å². The summed E-state index contributed by atoms with van der Waals surface area (Å²) < 4.78 is 0. The Balaban J connectivity index is 1.51. The molecule has 1 heterocycles. The van der Waals surface area contributed by atoms with Crippen LogP contribution in [0, 0.1) is 0 Å². The van der Waals surface area contributed by atoms with Gasteiger partial charge in [-0.05, 0) is 31.5 Å². The van der Waals surface area contributed by atoms with Crippen LogP contribution >= 0.6 is 11.8 Å². The maximum atomic E-state index is 12.4. The molecular weight excluding hydrogens is 354 g/mol. The summed E-state index contributed by atoms with van der Waals surface area (Å²) in [5, 5.41) is 11.9. The van der Waals surface area contributed by atoms with Crippen LogP contribution in [0.5, 0.6) is 0 Å². The predicted molar refractivity (Wildman–Crippen MR) is 99.4 cm³/mol. The number of nitrogens with one attached hydrogen (secondary N) is 1. The molecule has 7 nitrogen and oxygen atoms in total. The number of likely N-dealkylation sites (N-methyl/N-ethyl adjacent to an activating group) is 1. The maximum Gasteiger partial charge on any atom is 0.317 e. The Morgan fingerprint density at radius 3 is 2.77 bits per heavy atom. The average molecular weight is 377 g/mol. The predicted octanol–water partition coefficient (Wildman–Crippen LogP) is 1.18. The van der Waals surface area contributed by atoms with Gasteiger partial charge >= 0.3 is 5.97 Å². The Morgan fingerprint density at radius 1 is 1.35 bits per heavy atom. The molecule has 3 rings (SSSR count). The molecule has 0 atom stereocenters. The van der Waals surface area contributed by atoms with E-state index in [1.807, 2.05) is 36.1 Å². The zero-order valence-corrected chi connectivity index (χ0v) is 15.5. The zero-order chi connectivity index (χ0) is 18.7. The van der Waals surface area contributed by atoms with Crippen molar-refractivity contribution < 1.29 is 19.5 Å². The molecule has 2 N–H and O–H groups in total. The van der Waals surface area contributed by atoms with Crippen LogP contribution in [0.1, 0.15) is 19.8 Å². The number of nitrogens with zero attached hydrogens (tertiary/aromatic N) is 2. The third-order valence-corrected chi connectivity index (χ3v) is 5.90. The highest BCUT2D eigenvalue weighted by Crippen LogP contribution is 2.34. The number of hydrogen-bond acceptors (Lipinski definition) is 5. The number of hydrogen-bond donors (Lipinski definition) is 2. The van der Waals surface area contributed by atoms with Crippen molar-refractivity contribution in [1.82, 2.24) is 10.2 Å². The third-order valence-electron chi connectivity index (χ3n) is 4.85. The number of carboxylic acids is 1. The molecule has 1 fully saturated rings. The Morgan fingerprint density at radius 2 is 2.08 bits per heavy atom. The lowest BCUT2D eigenvalue weighted by molar-refractivity contribution is -0.139. The first-order valence-corrected chi connectivity index (χ1v) is 9.74. The van der Waals surface area contributed by atoms with Crippen molar-refractivity contribution in [2.75, 3.05) is 30.3 Å². The molecule has 26 heavy (non-hydrogen) atoms. The van der Waals surface area contributed by atoms with Gasteiger partial charge in [-0.3, -0.25) is 19.3 Å². The fraction of sp³-hybridized carbons (Fsp3) is 0.500. The molecule has 140 valence electrons. The van der Waals surface area contributed by atoms with E-state index in [0.717, 1.165) is 23.4 Å². The zero-order valence-electron chi connectivity index (χ0n) is 14.7. The number of carbonyl (C=O) groups is 3. The smallest absolute Gasteiger partial charge is 0.317 e. The van der Waals surface area contributed by atoms with Gasteiger partial charge in [0.05, 0.1) is 18.0 Å². The fourth-order valence-electron chi connectivity index (χ4n) is 3.42. The van der Waals surface area contributed by atoms with Crippen molar-refractivity contribution >= 4 is 35.2 Å². The van der Waals surface area contributed by atoms with Gasteiger partial charge in [0, 0.05) is 17.0 Å². The van der Waals surface area contributed by atoms with Crippen LogP contribution in [0.3, 0.4) is 0 Å². The van der Waals surface area contributed by atoms with Crippen LogP contribution in [0.15, 0.2) is 29.2 Å². The second kappa shape index (κ2) is 8.09. The molecule has 2 amide bonds. The van der Waals surface area contributed by atoms with Crippen molar-refractivity contribution in [2.24, 2.45) is 0 Å². The molecule has 0 aromatic heterocycles. The average Bonchev–Trinajstić information content (AvgIpc) is 2.58. The van der Waals surface area contributed by atoms with Crippen LogP contribution in [-0.4, -0.2) is 65.3 Å². The summed E-state index contributed by atoms with van der Waals surface area (Å²) in [7, 11) is 0. The molecule has 1 aromatic rings. The molecule has 1 saturated carbocycles. The van der Waals surface area contributed by atoms with Gasteiger partial charge in [0.25, 0.3) is 0 Å². The standard InChI is InChI=1S/C18H23N3O4S/c1-2-20(10-18(24)25)13-7-12(8-13)19-16(22)9-21-14-5-3-4-6-15(14)26-11-17(21)23/h3-6,12-13H,2,7-11H2,1H3,(H,19,22)(H,24,25). The van der Waals surface area contributed by atoms with Crippen LogP contribution in [0.4, 0.5) is 5.69 Å². The van der Waals surface area contributed by atoms with Gasteiger partial charge in [-0.25, -0.2) is 0 Å². The summed E-state index contributed by atoms with van der Waals surface area (Å²) in [6.45, 7) is 2.66. The second-order valence-electron chi connectivity index (χ2n) is 6.58. The third kappa shape index (κ3) is 4.19. The van der Waals surface area contributed by atoms with Gasteiger partial charge in [-0.2, -0.15) is 0 Å². The number of rotatable bonds is 7. The summed E-state index contributed by atoms with van der Waals surface area (Å²) in [6.07, 6.45) is 1.49. The number of thioether (sulfide) groups is 1. The van der Waals surface area contributed by atoms with E-state index in [0.29, 0.717) is 12.3 Å². The van der Waals surface area contributed by atoms with Crippen molar-refractivity contribution in [1.29, 1.82) is 0 Å². The molecule has 0 bridgehead atoms. The minimum Gasteiger partial charge on any atom is -0.480 e. The van der Waals surface area contributed by atoms with Gasteiger partial charge < -0.3 is 15.3 Å². The van der Waals surface area contributed by atoms with E-state index in [2.05, 4.69) is 5.32 Å². The summed E-state index contributed by atoms with van der Waals surface area (Å²) in [4.78, 5) is 39.9. The van der Waals surface area contributed by atoms with Crippen LogP contribution < -0.4 is 10.2 Å². The lowest BCUT2D eigenvalue weighted by Gasteiger charge is -2.42. The SMILES string of the molecule is CCN(CC(=O)O)C1CC(NC(=O)CN2C(=O)CSc3ccccc32)C1. The molecular formula is C18H23N3O4S. The van der Waals surface area contributed by atoms with Gasteiger partial charge in [0.2, 0.25) is 11.8 Å². The molecule has 0 unspecified atom stereocenters. The first-order chi connectivity index (χ1) is 12.5. The monoisotopic (exact) mass is 377 g/mol. The van der Waals surface area contributed by atoms with E-state index in [4.69, 9.17) is 5.11 Å². The van der Waals surface area contributed by atoms with Crippen LogP contribution in [0.2, 0.25) is 0 Å². The molecule has 0 saturated heterocycles. The van der Waals surface area contributed by atoms with Gasteiger partial charge in [-0.15, -0.1) is 11.8 Å². The Kier molecular flexibility index (Phi) is 5.83. The Labute approximate surface area is 156 Å².